The first kappa shape index (κ1) is 15.0. The highest BCUT2D eigenvalue weighted by molar-refractivity contribution is 9.10. The van der Waals surface area contributed by atoms with Crippen LogP contribution in [0.2, 0.25) is 0 Å². The molecule has 0 fully saturated rings. The summed E-state index contributed by atoms with van der Waals surface area (Å²) in [6, 6.07) is 8.51. The number of hydrogen-bond acceptors (Lipinski definition) is 4. The number of nitrogens with zero attached hydrogens (tertiary/aromatic N) is 1. The van der Waals surface area contributed by atoms with E-state index in [0.717, 1.165) is 12.3 Å². The number of carbonyl (C=O) groups excluding carboxylic acids is 1. The molecule has 0 atom stereocenters. The van der Waals surface area contributed by atoms with E-state index in [1.54, 1.807) is 12.1 Å². The van der Waals surface area contributed by atoms with Crippen LogP contribution in [0.25, 0.3) is 0 Å². The topological polar surface area (TPSA) is 81.9 Å². The highest BCUT2D eigenvalue weighted by Crippen LogP contribution is 2.24. The lowest BCUT2D eigenvalue weighted by atomic mass is 10.2. The monoisotopic (exact) mass is 352 g/mol. The van der Waals surface area contributed by atoms with E-state index in [0.29, 0.717) is 4.47 Å². The number of phenols is 2. The normalized spacial score (nSPS) is 10.8. The third-order valence-corrected chi connectivity index (χ3v) is 3.03. The molecule has 0 unspecified atom stereocenters. The third kappa shape index (κ3) is 3.57. The van der Waals surface area contributed by atoms with Crippen LogP contribution in [0, 0.1) is 5.82 Å². The van der Waals surface area contributed by atoms with E-state index in [4.69, 9.17) is 0 Å². The molecule has 0 aliphatic carbocycles. The summed E-state index contributed by atoms with van der Waals surface area (Å²) in [7, 11) is 0. The first-order chi connectivity index (χ1) is 9.99. The van der Waals surface area contributed by atoms with Gasteiger partial charge >= 0.3 is 0 Å². The van der Waals surface area contributed by atoms with Crippen LogP contribution in [0.15, 0.2) is 46.0 Å². The fourth-order valence-corrected chi connectivity index (χ4v) is 2.02. The van der Waals surface area contributed by atoms with Gasteiger partial charge in [-0.25, -0.2) is 9.82 Å². The average molecular weight is 353 g/mol. The molecule has 0 radical (unpaired) electrons. The van der Waals surface area contributed by atoms with Crippen LogP contribution >= 0.6 is 15.9 Å². The number of benzene rings is 2. The van der Waals surface area contributed by atoms with Gasteiger partial charge in [-0.2, -0.15) is 5.10 Å². The molecule has 108 valence electrons. The van der Waals surface area contributed by atoms with Crippen molar-refractivity contribution in [1.82, 2.24) is 5.43 Å². The van der Waals surface area contributed by atoms with Gasteiger partial charge in [0.1, 0.15) is 5.75 Å². The number of rotatable bonds is 3. The molecule has 7 heteroatoms. The van der Waals surface area contributed by atoms with Crippen molar-refractivity contribution in [3.63, 3.8) is 0 Å². The Hall–Kier alpha value is -2.41. The molecule has 3 N–H and O–H groups in total. The van der Waals surface area contributed by atoms with Crippen molar-refractivity contribution in [1.29, 1.82) is 0 Å². The zero-order valence-electron chi connectivity index (χ0n) is 10.5. The van der Waals surface area contributed by atoms with Crippen LogP contribution in [0.1, 0.15) is 15.9 Å². The quantitative estimate of drug-likeness (QED) is 0.586. The SMILES string of the molecule is O=C(N/N=C/c1cc(Br)cc(F)c1O)c1ccccc1O. The smallest absolute Gasteiger partial charge is 0.275 e. The molecule has 0 bridgehead atoms. The van der Waals surface area contributed by atoms with Gasteiger partial charge in [0.25, 0.3) is 5.91 Å². The van der Waals surface area contributed by atoms with Gasteiger partial charge in [-0.05, 0) is 24.3 Å². The minimum atomic E-state index is -0.808. The summed E-state index contributed by atoms with van der Waals surface area (Å²) < 4.78 is 13.7. The predicted molar refractivity (Wildman–Crippen MR) is 78.9 cm³/mol. The van der Waals surface area contributed by atoms with Crippen LogP contribution in [0.4, 0.5) is 4.39 Å². The van der Waals surface area contributed by atoms with Crippen molar-refractivity contribution < 1.29 is 19.4 Å². The number of aromatic hydroxyl groups is 2. The zero-order chi connectivity index (χ0) is 15.4. The first-order valence-corrected chi connectivity index (χ1v) is 6.57. The number of amides is 1. The maximum atomic E-state index is 13.3. The Labute approximate surface area is 127 Å². The van der Waals surface area contributed by atoms with Crippen LogP contribution in [-0.4, -0.2) is 22.3 Å². The highest BCUT2D eigenvalue weighted by atomic mass is 79.9. The molecule has 1 amide bonds. The molecular weight excluding hydrogens is 343 g/mol. The van der Waals surface area contributed by atoms with Crippen molar-refractivity contribution in [3.05, 3.63) is 57.8 Å². The van der Waals surface area contributed by atoms with Gasteiger partial charge in [0.05, 0.1) is 11.8 Å². The predicted octanol–water partition coefficient (Wildman–Crippen LogP) is 2.76. The number of carbonyl (C=O) groups is 1. The van der Waals surface area contributed by atoms with E-state index >= 15 is 0 Å². The van der Waals surface area contributed by atoms with E-state index in [2.05, 4.69) is 26.5 Å². The fourth-order valence-electron chi connectivity index (χ4n) is 1.57. The van der Waals surface area contributed by atoms with Crippen LogP contribution in [0.3, 0.4) is 0 Å². The Morgan fingerprint density at radius 1 is 1.29 bits per heavy atom. The second-order valence-electron chi connectivity index (χ2n) is 4.04. The molecule has 21 heavy (non-hydrogen) atoms. The Kier molecular flexibility index (Phi) is 4.54. The van der Waals surface area contributed by atoms with E-state index < -0.39 is 17.5 Å². The van der Waals surface area contributed by atoms with E-state index in [1.807, 2.05) is 0 Å². The number of para-hydroxylation sites is 1. The summed E-state index contributed by atoms with van der Waals surface area (Å²) in [6.45, 7) is 0. The lowest BCUT2D eigenvalue weighted by Crippen LogP contribution is -2.17. The minimum absolute atomic E-state index is 0.0549. The van der Waals surface area contributed by atoms with Crippen molar-refractivity contribution in [2.75, 3.05) is 0 Å². The van der Waals surface area contributed by atoms with Gasteiger partial charge in [0.15, 0.2) is 11.6 Å². The number of phenolic OH excluding ortho intramolecular Hbond substituents is 2. The van der Waals surface area contributed by atoms with Gasteiger partial charge in [-0.15, -0.1) is 0 Å². The van der Waals surface area contributed by atoms with Gasteiger partial charge in [0.2, 0.25) is 0 Å². The maximum absolute atomic E-state index is 13.3. The molecule has 0 heterocycles. The van der Waals surface area contributed by atoms with E-state index in [-0.39, 0.29) is 16.9 Å². The largest absolute Gasteiger partial charge is 0.507 e. The maximum Gasteiger partial charge on any atom is 0.275 e. The minimum Gasteiger partial charge on any atom is -0.507 e. The van der Waals surface area contributed by atoms with Gasteiger partial charge in [-0.3, -0.25) is 4.79 Å². The van der Waals surface area contributed by atoms with Crippen molar-refractivity contribution in [2.45, 2.75) is 0 Å². The number of hydrogen-bond donors (Lipinski definition) is 3. The lowest BCUT2D eigenvalue weighted by Gasteiger charge is -2.03. The molecule has 0 aliphatic heterocycles. The zero-order valence-corrected chi connectivity index (χ0v) is 12.1. The molecule has 2 aromatic rings. The van der Waals surface area contributed by atoms with Crippen molar-refractivity contribution in [2.24, 2.45) is 5.10 Å². The number of nitrogens with one attached hydrogen (secondary N) is 1. The summed E-state index contributed by atoms with van der Waals surface area (Å²) in [4.78, 5) is 11.7. The lowest BCUT2D eigenvalue weighted by molar-refractivity contribution is 0.0952. The fraction of sp³-hybridized carbons (Fsp3) is 0. The summed E-state index contributed by atoms with van der Waals surface area (Å²) >= 11 is 3.08. The Balaban J connectivity index is 2.13. The number of halogens is 2. The second-order valence-corrected chi connectivity index (χ2v) is 4.96. The van der Waals surface area contributed by atoms with Gasteiger partial charge in [0, 0.05) is 10.0 Å². The van der Waals surface area contributed by atoms with Gasteiger partial charge < -0.3 is 10.2 Å². The molecular formula is C14H10BrFN2O3. The van der Waals surface area contributed by atoms with Crippen molar-refractivity contribution in [3.8, 4) is 11.5 Å². The first-order valence-electron chi connectivity index (χ1n) is 5.78. The second kappa shape index (κ2) is 6.36. The highest BCUT2D eigenvalue weighted by Gasteiger charge is 2.10. The van der Waals surface area contributed by atoms with Crippen molar-refractivity contribution >= 4 is 28.1 Å². The molecule has 0 saturated carbocycles. The van der Waals surface area contributed by atoms with Crippen LogP contribution < -0.4 is 5.43 Å². The van der Waals surface area contributed by atoms with E-state index in [9.17, 15) is 19.4 Å². The summed E-state index contributed by atoms with van der Waals surface area (Å²) in [5, 5.41) is 22.6. The number of hydrazone groups is 1. The van der Waals surface area contributed by atoms with E-state index in [1.165, 1.54) is 18.2 Å². The summed E-state index contributed by atoms with van der Waals surface area (Å²) in [5.41, 5.74) is 2.33. The van der Waals surface area contributed by atoms with Gasteiger partial charge in [-0.1, -0.05) is 28.1 Å². The molecule has 0 aromatic heterocycles. The summed E-state index contributed by atoms with van der Waals surface area (Å²) in [6.07, 6.45) is 1.10. The molecule has 2 aromatic carbocycles. The Morgan fingerprint density at radius 2 is 2.00 bits per heavy atom. The molecule has 0 spiro atoms. The van der Waals surface area contributed by atoms with Crippen LogP contribution in [-0.2, 0) is 0 Å². The average Bonchev–Trinajstić information content (AvgIpc) is 2.44. The Morgan fingerprint density at radius 3 is 2.71 bits per heavy atom. The standard InChI is InChI=1S/C14H10BrFN2O3/c15-9-5-8(13(20)11(16)6-9)7-17-18-14(21)10-3-1-2-4-12(10)19/h1-7,19-20H,(H,18,21)/b17-7+. The summed E-state index contributed by atoms with van der Waals surface area (Å²) in [5.74, 6) is -2.18. The Bertz CT molecular complexity index is 719. The molecule has 0 aliphatic rings. The molecule has 5 nitrogen and oxygen atoms in total. The molecule has 2 rings (SSSR count). The third-order valence-electron chi connectivity index (χ3n) is 2.58. The van der Waals surface area contributed by atoms with Crippen LogP contribution in [0.5, 0.6) is 11.5 Å². The molecule has 0 saturated heterocycles.